The van der Waals surface area contributed by atoms with E-state index in [0.717, 1.165) is 5.56 Å². The second-order valence-corrected chi connectivity index (χ2v) is 10.9. The van der Waals surface area contributed by atoms with Crippen molar-refractivity contribution < 1.29 is 32.9 Å². The topological polar surface area (TPSA) is 115 Å². The van der Waals surface area contributed by atoms with Crippen LogP contribution in [-0.4, -0.2) is 59.2 Å². The normalized spacial score (nSPS) is 18.4. The summed E-state index contributed by atoms with van der Waals surface area (Å²) in [5.74, 6) is 0.500. The molecule has 2 atom stereocenters. The van der Waals surface area contributed by atoms with E-state index in [1.165, 1.54) is 6.07 Å². The van der Waals surface area contributed by atoms with Crippen LogP contribution >= 0.6 is 0 Å². The molecule has 2 aliphatic heterocycles. The molecule has 0 unspecified atom stereocenters. The molecule has 0 aliphatic carbocycles. The quantitative estimate of drug-likeness (QED) is 0.439. The highest BCUT2D eigenvalue weighted by molar-refractivity contribution is 5.94. The molecule has 5 rings (SSSR count). The van der Waals surface area contributed by atoms with Crippen molar-refractivity contribution >= 4 is 12.0 Å². The van der Waals surface area contributed by atoms with Gasteiger partial charge in [0.1, 0.15) is 17.2 Å². The third-order valence-corrected chi connectivity index (χ3v) is 6.85. The number of carbonyl (C=O) groups excluding carboxylic acids is 2. The van der Waals surface area contributed by atoms with E-state index in [9.17, 15) is 14.0 Å². The number of hydrogen-bond acceptors (Lipinski definition) is 7. The zero-order valence-corrected chi connectivity index (χ0v) is 22.7. The van der Waals surface area contributed by atoms with Crippen LogP contribution < -0.4 is 19.5 Å². The molecule has 1 aromatic heterocycles. The fraction of sp³-hybridized carbons (Fsp3) is 0.414. The molecule has 0 spiro atoms. The fourth-order valence-electron chi connectivity index (χ4n) is 4.90. The molecule has 0 bridgehead atoms. The number of carbonyl (C=O) groups is 2. The summed E-state index contributed by atoms with van der Waals surface area (Å²) >= 11 is 0. The number of ether oxygens (including phenoxy) is 4. The van der Waals surface area contributed by atoms with E-state index in [0.29, 0.717) is 42.5 Å². The second-order valence-electron chi connectivity index (χ2n) is 10.9. The standard InChI is InChI=1S/C29H33FN4O6/c1-29(2,3)40-28(36)34-11-9-22(19(15-34)16-37-21-5-7-25-26(13-21)39-17-38-25)18-4-6-24(30)23(12-18)27(35)31-14-20-8-10-32-33-20/h4-8,10,12-13,19,22H,9,11,14-17H2,1-3H3,(H,31,35)(H,32,33)/t19-,22-/m0/s1. The van der Waals surface area contributed by atoms with Crippen LogP contribution in [0.5, 0.6) is 17.2 Å². The van der Waals surface area contributed by atoms with Crippen molar-refractivity contribution in [3.63, 3.8) is 0 Å². The first-order valence-electron chi connectivity index (χ1n) is 13.2. The summed E-state index contributed by atoms with van der Waals surface area (Å²) in [7, 11) is 0. The summed E-state index contributed by atoms with van der Waals surface area (Å²) in [6.07, 6.45) is 1.78. The summed E-state index contributed by atoms with van der Waals surface area (Å²) in [5, 5.41) is 9.35. The van der Waals surface area contributed by atoms with Crippen LogP contribution in [0.15, 0.2) is 48.7 Å². The summed E-state index contributed by atoms with van der Waals surface area (Å²) in [4.78, 5) is 27.4. The van der Waals surface area contributed by atoms with Crippen LogP contribution in [0.3, 0.4) is 0 Å². The Morgan fingerprint density at radius 1 is 1.15 bits per heavy atom. The van der Waals surface area contributed by atoms with Crippen molar-refractivity contribution in [3.05, 3.63) is 71.3 Å². The number of fused-ring (bicyclic) bond motifs is 1. The second kappa shape index (κ2) is 11.4. The first-order valence-corrected chi connectivity index (χ1v) is 13.2. The van der Waals surface area contributed by atoms with Crippen LogP contribution in [0, 0.1) is 11.7 Å². The molecule has 0 saturated carbocycles. The molecule has 1 saturated heterocycles. The van der Waals surface area contributed by atoms with E-state index in [-0.39, 0.29) is 37.3 Å². The van der Waals surface area contributed by atoms with E-state index in [2.05, 4.69) is 15.5 Å². The van der Waals surface area contributed by atoms with Gasteiger partial charge in [0.15, 0.2) is 11.5 Å². The number of aromatic nitrogens is 2. The van der Waals surface area contributed by atoms with Crippen LogP contribution in [0.4, 0.5) is 9.18 Å². The fourth-order valence-corrected chi connectivity index (χ4v) is 4.90. The molecule has 1 fully saturated rings. The summed E-state index contributed by atoms with van der Waals surface area (Å²) < 4.78 is 37.4. The minimum atomic E-state index is -0.623. The number of rotatable bonds is 7. The van der Waals surface area contributed by atoms with E-state index < -0.39 is 23.4 Å². The van der Waals surface area contributed by atoms with E-state index in [4.69, 9.17) is 18.9 Å². The monoisotopic (exact) mass is 552 g/mol. The number of likely N-dealkylation sites (tertiary alicyclic amines) is 1. The largest absolute Gasteiger partial charge is 0.493 e. The minimum absolute atomic E-state index is 0.0398. The Bertz CT molecular complexity index is 1360. The van der Waals surface area contributed by atoms with Crippen LogP contribution in [-0.2, 0) is 11.3 Å². The van der Waals surface area contributed by atoms with Gasteiger partial charge in [-0.1, -0.05) is 6.07 Å². The lowest BCUT2D eigenvalue weighted by atomic mass is 9.80. The van der Waals surface area contributed by atoms with E-state index in [1.54, 1.807) is 47.5 Å². The average Bonchev–Trinajstić information content (AvgIpc) is 3.62. The summed E-state index contributed by atoms with van der Waals surface area (Å²) in [6.45, 7) is 6.96. The molecule has 11 heteroatoms. The molecule has 40 heavy (non-hydrogen) atoms. The maximum absolute atomic E-state index is 14.8. The highest BCUT2D eigenvalue weighted by Crippen LogP contribution is 2.38. The molecule has 2 aromatic carbocycles. The minimum Gasteiger partial charge on any atom is -0.493 e. The van der Waals surface area contributed by atoms with Crippen molar-refractivity contribution in [3.8, 4) is 17.2 Å². The third kappa shape index (κ3) is 6.47. The van der Waals surface area contributed by atoms with Gasteiger partial charge < -0.3 is 29.2 Å². The third-order valence-electron chi connectivity index (χ3n) is 6.85. The Kier molecular flexibility index (Phi) is 7.81. The van der Waals surface area contributed by atoms with Gasteiger partial charge in [-0.25, -0.2) is 9.18 Å². The molecule has 3 aromatic rings. The number of aromatic amines is 1. The maximum Gasteiger partial charge on any atom is 0.410 e. The number of halogens is 1. The summed E-state index contributed by atoms with van der Waals surface area (Å²) in [5.41, 5.74) is 0.848. The molecular weight excluding hydrogens is 519 g/mol. The van der Waals surface area contributed by atoms with Gasteiger partial charge in [0, 0.05) is 31.3 Å². The Hall–Kier alpha value is -4.28. The van der Waals surface area contributed by atoms with Gasteiger partial charge in [0.25, 0.3) is 5.91 Å². The SMILES string of the molecule is CC(C)(C)OC(=O)N1CC[C@@H](c2ccc(F)c(C(=O)NCc3ccn[nH]3)c2)[C@H](COc2ccc3c(c2)OCO3)C1. The maximum atomic E-state index is 14.8. The lowest BCUT2D eigenvalue weighted by molar-refractivity contribution is 0.0111. The number of piperidine rings is 1. The Morgan fingerprint density at radius 2 is 1.98 bits per heavy atom. The van der Waals surface area contributed by atoms with Crippen LogP contribution in [0.2, 0.25) is 0 Å². The first kappa shape index (κ1) is 27.3. The zero-order chi connectivity index (χ0) is 28.3. The van der Waals surface area contributed by atoms with Gasteiger partial charge in [-0.3, -0.25) is 9.89 Å². The van der Waals surface area contributed by atoms with Crippen molar-refractivity contribution in [2.24, 2.45) is 5.92 Å². The predicted molar refractivity (Wildman–Crippen MR) is 143 cm³/mol. The number of H-pyrrole nitrogens is 1. The van der Waals surface area contributed by atoms with Crippen molar-refractivity contribution in [2.45, 2.75) is 45.3 Å². The van der Waals surface area contributed by atoms with Gasteiger partial charge in [0.2, 0.25) is 6.79 Å². The van der Waals surface area contributed by atoms with Gasteiger partial charge in [0.05, 0.1) is 24.4 Å². The Balaban J connectivity index is 1.34. The molecule has 0 radical (unpaired) electrons. The summed E-state index contributed by atoms with van der Waals surface area (Å²) in [6, 6.07) is 11.7. The molecular formula is C29H33FN4O6. The Labute approximate surface area is 231 Å². The van der Waals surface area contributed by atoms with Gasteiger partial charge in [-0.05, 0) is 69.0 Å². The van der Waals surface area contributed by atoms with Crippen LogP contribution in [0.25, 0.3) is 0 Å². The predicted octanol–water partition coefficient (Wildman–Crippen LogP) is 4.63. The molecule has 2 amide bonds. The first-order chi connectivity index (χ1) is 19.2. The smallest absolute Gasteiger partial charge is 0.410 e. The molecule has 10 nitrogen and oxygen atoms in total. The number of amides is 2. The molecule has 2 aliphatic rings. The number of nitrogens with zero attached hydrogens (tertiary/aromatic N) is 2. The number of hydrogen-bond donors (Lipinski definition) is 2. The average molecular weight is 553 g/mol. The van der Waals surface area contributed by atoms with Gasteiger partial charge in [-0.2, -0.15) is 5.10 Å². The molecule has 212 valence electrons. The van der Waals surface area contributed by atoms with E-state index in [1.807, 2.05) is 20.8 Å². The van der Waals surface area contributed by atoms with E-state index >= 15 is 0 Å². The Morgan fingerprint density at radius 3 is 2.75 bits per heavy atom. The van der Waals surface area contributed by atoms with Crippen molar-refractivity contribution in [1.29, 1.82) is 0 Å². The van der Waals surface area contributed by atoms with Gasteiger partial charge in [-0.15, -0.1) is 0 Å². The highest BCUT2D eigenvalue weighted by atomic mass is 19.1. The lowest BCUT2D eigenvalue weighted by Crippen LogP contribution is -2.46. The van der Waals surface area contributed by atoms with Gasteiger partial charge >= 0.3 is 6.09 Å². The molecule has 2 N–H and O–H groups in total. The highest BCUT2D eigenvalue weighted by Gasteiger charge is 2.35. The van der Waals surface area contributed by atoms with Crippen molar-refractivity contribution in [1.82, 2.24) is 20.4 Å². The van der Waals surface area contributed by atoms with Crippen LogP contribution in [0.1, 0.15) is 54.7 Å². The molecule has 3 heterocycles. The zero-order valence-electron chi connectivity index (χ0n) is 22.7. The lowest BCUT2D eigenvalue weighted by Gasteiger charge is -2.39. The number of nitrogens with one attached hydrogen (secondary N) is 2. The number of benzene rings is 2. The van der Waals surface area contributed by atoms with Crippen molar-refractivity contribution in [2.75, 3.05) is 26.5 Å².